The molecule has 0 saturated carbocycles. The molecule has 5 N–H and O–H groups in total. The number of nitrogens with one attached hydrogen (secondary N) is 1. The van der Waals surface area contributed by atoms with Gasteiger partial charge < -0.3 is 12.4 Å². The van der Waals surface area contributed by atoms with Crippen LogP contribution < -0.4 is 28.9 Å². The quantitative estimate of drug-likeness (QED) is 0.205. The molecule has 0 aromatic heterocycles. The number of guanidine groups is 1. The van der Waals surface area contributed by atoms with Crippen LogP contribution in [0.25, 0.3) is 0 Å². The monoisotopic (exact) mass is 163 g/mol. The van der Waals surface area contributed by atoms with Crippen molar-refractivity contribution < 1.29 is 22.6 Å². The topological polar surface area (TPSA) is 80.7 Å². The van der Waals surface area contributed by atoms with Crippen molar-refractivity contribution in [1.82, 2.24) is 5.32 Å². The normalized spacial score (nSPS) is 7.30. The Morgan fingerprint density at radius 3 is 2.20 bits per heavy atom. The third-order valence-electron chi connectivity index (χ3n) is 0.645. The second kappa shape index (κ2) is 4.81. The minimum atomic E-state index is -0.352. The Bertz CT molecular complexity index is 166. The van der Waals surface area contributed by atoms with Gasteiger partial charge in [0.25, 0.3) is 0 Å². The molecule has 0 saturated heterocycles. The zero-order valence-corrected chi connectivity index (χ0v) is 6.40. The Balaban J connectivity index is 0. The van der Waals surface area contributed by atoms with E-state index in [1.165, 1.54) is 0 Å². The Labute approximate surface area is 65.4 Å². The molecule has 0 aliphatic rings. The zero-order chi connectivity index (χ0) is 7.44. The molecule has 0 bridgehead atoms. The average Bonchev–Trinajstić information content (AvgIpc) is 1.63. The van der Waals surface area contributed by atoms with Crippen LogP contribution in [0.15, 0.2) is 12.2 Å². The van der Waals surface area contributed by atoms with Crippen LogP contribution in [0.5, 0.6) is 0 Å². The lowest BCUT2D eigenvalue weighted by molar-refractivity contribution is -0.127. The molecule has 0 aromatic rings. The molecule has 0 radical (unpaired) electrons. The lowest BCUT2D eigenvalue weighted by atomic mass is 10.3. The van der Waals surface area contributed by atoms with Crippen molar-refractivity contribution in [2.24, 2.45) is 5.73 Å². The average molecular weight is 164 g/mol. The highest BCUT2D eigenvalue weighted by Gasteiger charge is 2.05. The lowest BCUT2D eigenvalue weighted by Gasteiger charge is -1.92. The number of hydrogen-bond acceptors (Lipinski definition) is 1. The Morgan fingerprint density at radius 2 is 2.10 bits per heavy atom. The van der Waals surface area contributed by atoms with Gasteiger partial charge in [-0.3, -0.25) is 15.9 Å². The number of carbonyl (C=O) groups is 1. The highest BCUT2D eigenvalue weighted by molar-refractivity contribution is 6.02. The number of hydrogen-bond donors (Lipinski definition) is 3. The van der Waals surface area contributed by atoms with Crippen LogP contribution >= 0.6 is 0 Å². The van der Waals surface area contributed by atoms with Crippen LogP contribution in [-0.4, -0.2) is 11.9 Å². The van der Waals surface area contributed by atoms with Gasteiger partial charge in [-0.05, 0) is 6.92 Å². The fraction of sp³-hybridized carbons (Fsp3) is 0.200. The van der Waals surface area contributed by atoms with Crippen molar-refractivity contribution in [2.45, 2.75) is 6.92 Å². The van der Waals surface area contributed by atoms with E-state index in [2.05, 4.69) is 11.9 Å². The predicted octanol–water partition coefficient (Wildman–Crippen LogP) is -5.24. The van der Waals surface area contributed by atoms with Gasteiger partial charge in [-0.1, -0.05) is 6.58 Å². The molecule has 0 aromatic carbocycles. The predicted molar refractivity (Wildman–Crippen MR) is 34.1 cm³/mol. The highest BCUT2D eigenvalue weighted by atomic mass is 35.5. The number of amides is 1. The van der Waals surface area contributed by atoms with E-state index in [0.717, 1.165) is 0 Å². The van der Waals surface area contributed by atoms with Crippen molar-refractivity contribution in [2.75, 3.05) is 0 Å². The smallest absolute Gasteiger partial charge is 0.346 e. The van der Waals surface area contributed by atoms with Gasteiger partial charge in [0.1, 0.15) is 0 Å². The van der Waals surface area contributed by atoms with Crippen LogP contribution in [0.2, 0.25) is 0 Å². The Morgan fingerprint density at radius 1 is 1.70 bits per heavy atom. The molecule has 0 atom stereocenters. The molecular formula is C5H10ClN3O. The molecule has 58 valence electrons. The summed E-state index contributed by atoms with van der Waals surface area (Å²) in [6.45, 7) is 4.94. The minimum absolute atomic E-state index is 0. The first kappa shape index (κ1) is 11.7. The molecule has 10 heavy (non-hydrogen) atoms. The summed E-state index contributed by atoms with van der Waals surface area (Å²) >= 11 is 0. The fourth-order valence-electron chi connectivity index (χ4n) is 0.238. The molecule has 1 amide bonds. The highest BCUT2D eigenvalue weighted by Crippen LogP contribution is 1.82. The SMILES string of the molecule is C=C(C)C(=O)NC(N)=[NH2+].[Cl-]. The third-order valence-corrected chi connectivity index (χ3v) is 0.645. The largest absolute Gasteiger partial charge is 1.00 e. The van der Waals surface area contributed by atoms with Crippen molar-refractivity contribution in [1.29, 1.82) is 0 Å². The molecule has 0 fully saturated rings. The summed E-state index contributed by atoms with van der Waals surface area (Å²) in [7, 11) is 0. The number of nitrogens with two attached hydrogens (primary N) is 2. The second-order valence-electron chi connectivity index (χ2n) is 1.69. The van der Waals surface area contributed by atoms with Crippen molar-refractivity contribution in [3.63, 3.8) is 0 Å². The summed E-state index contributed by atoms with van der Waals surface area (Å²) < 4.78 is 0. The van der Waals surface area contributed by atoms with E-state index in [1.54, 1.807) is 6.92 Å². The molecule has 4 nitrogen and oxygen atoms in total. The maximum atomic E-state index is 10.6. The van der Waals surface area contributed by atoms with Gasteiger partial charge >= 0.3 is 11.9 Å². The maximum Gasteiger partial charge on any atom is 0.346 e. The van der Waals surface area contributed by atoms with Gasteiger partial charge in [-0.2, -0.15) is 0 Å². The molecule has 0 aliphatic heterocycles. The van der Waals surface area contributed by atoms with Crippen LogP contribution in [-0.2, 0) is 4.79 Å². The first-order valence-corrected chi connectivity index (χ1v) is 2.39. The van der Waals surface area contributed by atoms with Gasteiger partial charge in [0.2, 0.25) is 0 Å². The van der Waals surface area contributed by atoms with Crippen LogP contribution in [0.4, 0.5) is 0 Å². The molecule has 0 rings (SSSR count). The molecule has 0 spiro atoms. The van der Waals surface area contributed by atoms with E-state index in [-0.39, 0.29) is 24.3 Å². The third kappa shape index (κ3) is 5.11. The van der Waals surface area contributed by atoms with Crippen molar-refractivity contribution in [3.8, 4) is 0 Å². The minimum Gasteiger partial charge on any atom is -1.00 e. The maximum absolute atomic E-state index is 10.6. The summed E-state index contributed by atoms with van der Waals surface area (Å²) in [6, 6.07) is 0. The summed E-state index contributed by atoms with van der Waals surface area (Å²) in [5, 5.41) is 7.13. The second-order valence-corrected chi connectivity index (χ2v) is 1.69. The molecule has 0 aliphatic carbocycles. The van der Waals surface area contributed by atoms with Crippen molar-refractivity contribution in [3.05, 3.63) is 12.2 Å². The van der Waals surface area contributed by atoms with Gasteiger partial charge in [-0.15, -0.1) is 0 Å². The summed E-state index contributed by atoms with van der Waals surface area (Å²) in [6.07, 6.45) is 0. The summed E-state index contributed by atoms with van der Waals surface area (Å²) in [4.78, 5) is 10.6. The summed E-state index contributed by atoms with van der Waals surface area (Å²) in [5.74, 6) is -0.460. The Kier molecular flexibility index (Phi) is 5.64. The van der Waals surface area contributed by atoms with E-state index in [4.69, 9.17) is 11.1 Å². The van der Waals surface area contributed by atoms with Crippen LogP contribution in [0, 0.1) is 0 Å². The van der Waals surface area contributed by atoms with E-state index in [1.807, 2.05) is 0 Å². The van der Waals surface area contributed by atoms with E-state index in [9.17, 15) is 4.79 Å². The van der Waals surface area contributed by atoms with E-state index >= 15 is 0 Å². The number of carbonyl (C=O) groups excluding carboxylic acids is 1. The number of halogens is 1. The van der Waals surface area contributed by atoms with Gasteiger partial charge in [0.15, 0.2) is 0 Å². The zero-order valence-electron chi connectivity index (χ0n) is 5.65. The van der Waals surface area contributed by atoms with Gasteiger partial charge in [0, 0.05) is 5.57 Å². The standard InChI is InChI=1S/C5H9N3O.ClH/c1-3(2)4(9)8-5(6)7;/h1H2,2H3,(H4,6,7,8,9);1H. The van der Waals surface area contributed by atoms with E-state index in [0.29, 0.717) is 5.57 Å². The first-order chi connectivity index (χ1) is 4.04. The molecule has 5 heteroatoms. The number of rotatable bonds is 1. The van der Waals surface area contributed by atoms with Crippen LogP contribution in [0.1, 0.15) is 6.92 Å². The van der Waals surface area contributed by atoms with Crippen molar-refractivity contribution >= 4 is 11.9 Å². The lowest BCUT2D eigenvalue weighted by Crippen LogP contribution is -3.00. The summed E-state index contributed by atoms with van der Waals surface area (Å²) in [5.41, 5.74) is 5.33. The van der Waals surface area contributed by atoms with Gasteiger partial charge in [-0.25, -0.2) is 5.32 Å². The molecule has 0 heterocycles. The van der Waals surface area contributed by atoms with Crippen LogP contribution in [0.3, 0.4) is 0 Å². The van der Waals surface area contributed by atoms with E-state index < -0.39 is 0 Å². The molecule has 0 unspecified atom stereocenters. The Hall–Kier alpha value is -1.03. The molecular weight excluding hydrogens is 154 g/mol. The fourth-order valence-corrected chi connectivity index (χ4v) is 0.238. The van der Waals surface area contributed by atoms with Gasteiger partial charge in [0.05, 0.1) is 0 Å². The first-order valence-electron chi connectivity index (χ1n) is 2.39.